The maximum atomic E-state index is 11.4. The van der Waals surface area contributed by atoms with Crippen LogP contribution in [0.25, 0.3) is 11.3 Å². The highest BCUT2D eigenvalue weighted by atomic mass is 16.6. The second-order valence-electron chi connectivity index (χ2n) is 4.13. The number of anilines is 1. The minimum absolute atomic E-state index is 0.00565. The second kappa shape index (κ2) is 5.43. The molecular formula is C12H11N5O4. The van der Waals surface area contributed by atoms with Gasteiger partial charge in [-0.05, 0) is 6.07 Å². The van der Waals surface area contributed by atoms with Gasteiger partial charge in [0.05, 0.1) is 10.5 Å². The van der Waals surface area contributed by atoms with E-state index < -0.39 is 10.8 Å². The summed E-state index contributed by atoms with van der Waals surface area (Å²) in [5, 5.41) is 11.4. The van der Waals surface area contributed by atoms with Gasteiger partial charge < -0.3 is 10.7 Å². The van der Waals surface area contributed by atoms with Crippen molar-refractivity contribution in [1.82, 2.24) is 4.98 Å². The van der Waals surface area contributed by atoms with Crippen LogP contribution in [0.4, 0.5) is 11.5 Å². The van der Waals surface area contributed by atoms with Gasteiger partial charge >= 0.3 is 0 Å². The molecule has 21 heavy (non-hydrogen) atoms. The van der Waals surface area contributed by atoms with Crippen molar-refractivity contribution in [3.8, 4) is 11.3 Å². The number of H-pyrrole nitrogens is 1. The van der Waals surface area contributed by atoms with Gasteiger partial charge in [0.15, 0.2) is 0 Å². The zero-order chi connectivity index (χ0) is 15.6. The summed E-state index contributed by atoms with van der Waals surface area (Å²) in [6.45, 7) is 0. The molecule has 0 bridgehead atoms. The van der Waals surface area contributed by atoms with Gasteiger partial charge in [0, 0.05) is 23.4 Å². The molecule has 0 saturated carbocycles. The van der Waals surface area contributed by atoms with Crippen molar-refractivity contribution >= 4 is 23.8 Å². The third-order valence-corrected chi connectivity index (χ3v) is 2.80. The van der Waals surface area contributed by atoms with E-state index in [4.69, 9.17) is 11.6 Å². The standard InChI is InChI=1S/C12H11N5O4/c13-11(19)9-5-10(15-12(9)16(14)6-18)7-2-1-3-8(4-7)17(20)21/h1-6,15H,14H2,(H2,13,19). The van der Waals surface area contributed by atoms with E-state index in [2.05, 4.69) is 4.98 Å². The fourth-order valence-electron chi connectivity index (χ4n) is 1.83. The number of nitro benzene ring substituents is 1. The lowest BCUT2D eigenvalue weighted by atomic mass is 10.1. The Labute approximate surface area is 118 Å². The highest BCUT2D eigenvalue weighted by Gasteiger charge is 2.18. The fraction of sp³-hybridized carbons (Fsp3) is 0. The normalized spacial score (nSPS) is 10.1. The molecule has 9 nitrogen and oxygen atoms in total. The van der Waals surface area contributed by atoms with E-state index in [1.807, 2.05) is 0 Å². The van der Waals surface area contributed by atoms with Crippen LogP contribution < -0.4 is 16.6 Å². The number of benzene rings is 1. The first-order chi connectivity index (χ1) is 9.93. The van der Waals surface area contributed by atoms with Gasteiger partial charge in [-0.1, -0.05) is 12.1 Å². The van der Waals surface area contributed by atoms with E-state index in [1.54, 1.807) is 6.07 Å². The topological polar surface area (TPSA) is 148 Å². The Balaban J connectivity index is 2.55. The molecule has 5 N–H and O–H groups in total. The number of aromatic amines is 1. The number of hydrazine groups is 1. The van der Waals surface area contributed by atoms with Crippen LogP contribution in [0.5, 0.6) is 0 Å². The minimum Gasteiger partial charge on any atom is -0.365 e. The smallest absolute Gasteiger partial charge is 0.270 e. The molecule has 2 amide bonds. The number of nitrogens with zero attached hydrogens (tertiary/aromatic N) is 2. The number of rotatable bonds is 5. The summed E-state index contributed by atoms with van der Waals surface area (Å²) < 4.78 is 0. The number of amides is 2. The number of carbonyl (C=O) groups excluding carboxylic acids is 2. The molecule has 9 heteroatoms. The molecule has 0 atom stereocenters. The lowest BCUT2D eigenvalue weighted by Gasteiger charge is -2.08. The van der Waals surface area contributed by atoms with E-state index in [1.165, 1.54) is 24.3 Å². The monoisotopic (exact) mass is 289 g/mol. The molecule has 0 unspecified atom stereocenters. The maximum absolute atomic E-state index is 11.4. The van der Waals surface area contributed by atoms with Crippen molar-refractivity contribution in [3.05, 3.63) is 46.0 Å². The number of aromatic nitrogens is 1. The molecule has 0 spiro atoms. The van der Waals surface area contributed by atoms with Crippen molar-refractivity contribution in [2.75, 3.05) is 5.01 Å². The minimum atomic E-state index is -0.782. The number of nitrogens with one attached hydrogen (secondary N) is 1. The van der Waals surface area contributed by atoms with E-state index in [9.17, 15) is 19.7 Å². The number of non-ortho nitro benzene ring substituents is 1. The first-order valence-corrected chi connectivity index (χ1v) is 5.71. The average Bonchev–Trinajstić information content (AvgIpc) is 2.92. The molecule has 1 aromatic carbocycles. The molecule has 0 aliphatic carbocycles. The molecule has 0 fully saturated rings. The molecule has 0 aliphatic heterocycles. The third kappa shape index (κ3) is 2.72. The number of hydrogen-bond acceptors (Lipinski definition) is 5. The Kier molecular flexibility index (Phi) is 3.67. The summed E-state index contributed by atoms with van der Waals surface area (Å²) in [5.41, 5.74) is 5.94. The zero-order valence-corrected chi connectivity index (χ0v) is 10.6. The van der Waals surface area contributed by atoms with Gasteiger partial charge in [-0.2, -0.15) is 0 Å². The van der Waals surface area contributed by atoms with Gasteiger partial charge in [0.2, 0.25) is 6.41 Å². The predicted octanol–water partition coefficient (Wildman–Crippen LogP) is 0.525. The molecular weight excluding hydrogens is 278 g/mol. The number of carbonyl (C=O) groups is 2. The number of nitro groups is 1. The van der Waals surface area contributed by atoms with Crippen LogP contribution in [0.15, 0.2) is 30.3 Å². The van der Waals surface area contributed by atoms with Crippen LogP contribution in [-0.4, -0.2) is 22.2 Å². The quantitative estimate of drug-likeness (QED) is 0.241. The van der Waals surface area contributed by atoms with Gasteiger partial charge in [-0.3, -0.25) is 19.7 Å². The summed E-state index contributed by atoms with van der Waals surface area (Å²) in [6, 6.07) is 7.14. The van der Waals surface area contributed by atoms with E-state index in [0.29, 0.717) is 22.7 Å². The van der Waals surface area contributed by atoms with Crippen molar-refractivity contribution in [2.45, 2.75) is 0 Å². The average molecular weight is 289 g/mol. The van der Waals surface area contributed by atoms with Crippen molar-refractivity contribution in [2.24, 2.45) is 11.6 Å². The summed E-state index contributed by atoms with van der Waals surface area (Å²) >= 11 is 0. The number of primary amides is 1. The second-order valence-corrected chi connectivity index (χ2v) is 4.13. The van der Waals surface area contributed by atoms with E-state index in [-0.39, 0.29) is 17.1 Å². The summed E-state index contributed by atoms with van der Waals surface area (Å²) in [7, 11) is 0. The van der Waals surface area contributed by atoms with E-state index >= 15 is 0 Å². The first-order valence-electron chi connectivity index (χ1n) is 5.71. The zero-order valence-electron chi connectivity index (χ0n) is 10.6. The summed E-state index contributed by atoms with van der Waals surface area (Å²) in [6.07, 6.45) is 0.301. The van der Waals surface area contributed by atoms with Crippen molar-refractivity contribution in [3.63, 3.8) is 0 Å². The summed E-state index contributed by atoms with van der Waals surface area (Å²) in [5.74, 6) is 4.65. The Bertz CT molecular complexity index is 724. The van der Waals surface area contributed by atoms with Crippen LogP contribution in [0.1, 0.15) is 10.4 Å². The fourth-order valence-corrected chi connectivity index (χ4v) is 1.83. The molecule has 0 saturated heterocycles. The molecule has 108 valence electrons. The van der Waals surface area contributed by atoms with Gasteiger partial charge in [-0.25, -0.2) is 10.9 Å². The van der Waals surface area contributed by atoms with E-state index in [0.717, 1.165) is 0 Å². The van der Waals surface area contributed by atoms with Crippen molar-refractivity contribution in [1.29, 1.82) is 0 Å². The largest absolute Gasteiger partial charge is 0.365 e. The first kappa shape index (κ1) is 14.2. The molecule has 1 heterocycles. The Morgan fingerprint density at radius 1 is 1.38 bits per heavy atom. The molecule has 0 aliphatic rings. The highest BCUT2D eigenvalue weighted by molar-refractivity contribution is 6.01. The van der Waals surface area contributed by atoms with Gasteiger partial charge in [0.25, 0.3) is 11.6 Å². The SMILES string of the molecule is NC(=O)c1cc(-c2cccc([N+](=O)[O-])c2)[nH]c1N(N)C=O. The Morgan fingerprint density at radius 2 is 2.10 bits per heavy atom. The highest BCUT2D eigenvalue weighted by Crippen LogP contribution is 2.28. The maximum Gasteiger partial charge on any atom is 0.270 e. The van der Waals surface area contributed by atoms with Gasteiger partial charge in [0.1, 0.15) is 5.82 Å². The molecule has 0 radical (unpaired) electrons. The third-order valence-electron chi connectivity index (χ3n) is 2.80. The van der Waals surface area contributed by atoms with Gasteiger partial charge in [-0.15, -0.1) is 0 Å². The van der Waals surface area contributed by atoms with Crippen LogP contribution in [0.2, 0.25) is 0 Å². The van der Waals surface area contributed by atoms with Crippen LogP contribution >= 0.6 is 0 Å². The number of hydrogen-bond donors (Lipinski definition) is 3. The molecule has 2 rings (SSSR count). The molecule has 1 aromatic heterocycles. The lowest BCUT2D eigenvalue weighted by molar-refractivity contribution is -0.384. The summed E-state index contributed by atoms with van der Waals surface area (Å²) in [4.78, 5) is 35.0. The Hall–Kier alpha value is -3.20. The molecule has 2 aromatic rings. The van der Waals surface area contributed by atoms with Crippen molar-refractivity contribution < 1.29 is 14.5 Å². The predicted molar refractivity (Wildman–Crippen MR) is 74.1 cm³/mol. The van der Waals surface area contributed by atoms with Crippen LogP contribution in [-0.2, 0) is 4.79 Å². The van der Waals surface area contributed by atoms with Crippen LogP contribution in [0.3, 0.4) is 0 Å². The Morgan fingerprint density at radius 3 is 2.67 bits per heavy atom. The lowest BCUT2D eigenvalue weighted by Crippen LogP contribution is -2.31. The number of nitrogens with two attached hydrogens (primary N) is 2. The van der Waals surface area contributed by atoms with Crippen LogP contribution in [0, 0.1) is 10.1 Å².